The highest BCUT2D eigenvalue weighted by molar-refractivity contribution is 7.99. The number of thiophene rings is 1. The molecule has 0 radical (unpaired) electrons. The molecule has 0 unspecified atom stereocenters. The highest BCUT2D eigenvalue weighted by Crippen LogP contribution is 2.47. The average molecular weight is 533 g/mol. The minimum atomic E-state index is -4.67. The lowest BCUT2D eigenvalue weighted by molar-refractivity contribution is -0.137. The lowest BCUT2D eigenvalue weighted by Gasteiger charge is -2.37. The van der Waals surface area contributed by atoms with Crippen LogP contribution in [0.5, 0.6) is 0 Å². The summed E-state index contributed by atoms with van der Waals surface area (Å²) < 4.78 is 57.1. The zero-order valence-corrected chi connectivity index (χ0v) is 20.6. The second kappa shape index (κ2) is 8.69. The maximum Gasteiger partial charge on any atom is 0.417 e. The van der Waals surface area contributed by atoms with Crippen LogP contribution in [-0.2, 0) is 12.7 Å². The van der Waals surface area contributed by atoms with Gasteiger partial charge in [0.15, 0.2) is 0 Å². The largest absolute Gasteiger partial charge is 0.417 e. The minimum Gasteiger partial charge on any atom is -0.353 e. The van der Waals surface area contributed by atoms with Crippen molar-refractivity contribution in [1.29, 1.82) is 0 Å². The summed E-state index contributed by atoms with van der Waals surface area (Å²) in [4.78, 5) is 20.4. The van der Waals surface area contributed by atoms with Gasteiger partial charge in [-0.15, -0.1) is 23.1 Å². The van der Waals surface area contributed by atoms with Crippen molar-refractivity contribution in [2.75, 3.05) is 23.7 Å². The molecule has 0 aliphatic carbocycles. The van der Waals surface area contributed by atoms with Gasteiger partial charge in [0.05, 0.1) is 21.0 Å². The molecule has 0 amide bonds. The van der Waals surface area contributed by atoms with Crippen LogP contribution in [0, 0.1) is 5.82 Å². The molecule has 0 saturated carbocycles. The maximum atomic E-state index is 14.0. The second-order valence-electron chi connectivity index (χ2n) is 8.84. The molecule has 1 aromatic carbocycles. The third kappa shape index (κ3) is 4.20. The van der Waals surface area contributed by atoms with Crippen LogP contribution in [0.25, 0.3) is 10.9 Å². The van der Waals surface area contributed by atoms with Crippen molar-refractivity contribution in [3.8, 4) is 0 Å². The van der Waals surface area contributed by atoms with Crippen LogP contribution >= 0.6 is 34.7 Å². The topological polar surface area (TPSA) is 50.2 Å². The summed E-state index contributed by atoms with van der Waals surface area (Å²) in [5, 5.41) is 4.58. The van der Waals surface area contributed by atoms with Gasteiger partial charge in [0.25, 0.3) is 0 Å². The lowest BCUT2D eigenvalue weighted by atomic mass is 10.1. The third-order valence-corrected chi connectivity index (χ3v) is 8.95. The molecule has 2 aliphatic rings. The number of benzene rings is 1. The van der Waals surface area contributed by atoms with Gasteiger partial charge in [0.2, 0.25) is 0 Å². The van der Waals surface area contributed by atoms with Crippen molar-refractivity contribution >= 4 is 51.4 Å². The van der Waals surface area contributed by atoms with Gasteiger partial charge in [-0.3, -0.25) is 4.57 Å². The van der Waals surface area contributed by atoms with Gasteiger partial charge in [-0.1, -0.05) is 11.6 Å². The van der Waals surface area contributed by atoms with Crippen molar-refractivity contribution in [3.05, 3.63) is 49.3 Å². The summed E-state index contributed by atoms with van der Waals surface area (Å²) in [6, 6.07) is 2.56. The van der Waals surface area contributed by atoms with Crippen molar-refractivity contribution in [2.45, 2.75) is 49.5 Å². The smallest absolute Gasteiger partial charge is 0.353 e. The van der Waals surface area contributed by atoms with Crippen LogP contribution in [0.4, 0.5) is 23.4 Å². The first-order chi connectivity index (χ1) is 16.0. The standard InChI is InChI=1S/C22H21ClF4N4OS2/c1-10-5-30(6-11(2)28-10)20-14-4-15(22(25,26)27)17(23)19-18(14)31(21(32)29-20)7-12(8-34-19)16-3-13(24)9-33-16/h3-4,9-12,28H,5-8H2,1-2H3/t10-,11+,12-/m1/s1. The first-order valence-corrected chi connectivity index (χ1v) is 13.0. The maximum absolute atomic E-state index is 14.0. The Morgan fingerprint density at radius 2 is 1.88 bits per heavy atom. The molecular formula is C22H21ClF4N4OS2. The highest BCUT2D eigenvalue weighted by Gasteiger charge is 2.38. The summed E-state index contributed by atoms with van der Waals surface area (Å²) in [7, 11) is 0. The Kier molecular flexibility index (Phi) is 6.11. The molecule has 3 atom stereocenters. The molecule has 34 heavy (non-hydrogen) atoms. The number of nitrogens with zero attached hydrogens (tertiary/aromatic N) is 3. The molecule has 3 aromatic rings. The van der Waals surface area contributed by atoms with Crippen LogP contribution < -0.4 is 15.9 Å². The SMILES string of the molecule is C[C@@H]1CN(c2nc(=O)n3c4c(c(Cl)c(C(F)(F)F)cc24)SC[C@H](c2cc(F)cs2)C3)C[C@H](C)N1. The fourth-order valence-corrected chi connectivity index (χ4v) is 7.40. The number of hydrogen-bond donors (Lipinski definition) is 1. The van der Waals surface area contributed by atoms with Gasteiger partial charge in [-0.2, -0.15) is 18.2 Å². The number of alkyl halides is 3. The zero-order chi connectivity index (χ0) is 24.4. The van der Waals surface area contributed by atoms with Crippen LogP contribution in [0.1, 0.15) is 30.2 Å². The van der Waals surface area contributed by atoms with Gasteiger partial charge in [-0.05, 0) is 26.0 Å². The van der Waals surface area contributed by atoms with E-state index in [1.54, 1.807) is 0 Å². The minimum absolute atomic E-state index is 0.0695. The number of aromatic nitrogens is 2. The van der Waals surface area contributed by atoms with Crippen LogP contribution in [0.2, 0.25) is 5.02 Å². The Morgan fingerprint density at radius 1 is 1.18 bits per heavy atom. The number of rotatable bonds is 2. The molecule has 4 heterocycles. The fourth-order valence-electron chi connectivity index (χ4n) is 4.79. The van der Waals surface area contributed by atoms with E-state index in [2.05, 4.69) is 10.3 Å². The van der Waals surface area contributed by atoms with Gasteiger partial charge in [0.1, 0.15) is 11.6 Å². The highest BCUT2D eigenvalue weighted by atomic mass is 35.5. The Balaban J connectivity index is 1.76. The zero-order valence-electron chi connectivity index (χ0n) is 18.2. The number of nitrogens with one attached hydrogen (secondary N) is 1. The molecule has 2 aliphatic heterocycles. The van der Waals surface area contributed by atoms with E-state index in [9.17, 15) is 22.4 Å². The quantitative estimate of drug-likeness (QED) is 0.451. The van der Waals surface area contributed by atoms with Crippen molar-refractivity contribution in [1.82, 2.24) is 14.9 Å². The molecule has 182 valence electrons. The van der Waals surface area contributed by atoms with Gasteiger partial charge >= 0.3 is 11.9 Å². The van der Waals surface area contributed by atoms with Crippen molar-refractivity contribution in [2.24, 2.45) is 0 Å². The number of piperazine rings is 1. The molecule has 5 nitrogen and oxygen atoms in total. The Hall–Kier alpha value is -1.82. The van der Waals surface area contributed by atoms with Crippen molar-refractivity contribution < 1.29 is 17.6 Å². The van der Waals surface area contributed by atoms with Gasteiger partial charge < -0.3 is 10.2 Å². The molecule has 5 rings (SSSR count). The van der Waals surface area contributed by atoms with E-state index in [4.69, 9.17) is 11.6 Å². The summed E-state index contributed by atoms with van der Waals surface area (Å²) in [5.41, 5.74) is -1.14. The Morgan fingerprint density at radius 3 is 2.50 bits per heavy atom. The summed E-state index contributed by atoms with van der Waals surface area (Å²) in [5.74, 6) is -0.0583. The van der Waals surface area contributed by atoms with Crippen molar-refractivity contribution in [3.63, 3.8) is 0 Å². The number of thioether (sulfide) groups is 1. The first-order valence-electron chi connectivity index (χ1n) is 10.7. The first kappa shape index (κ1) is 23.9. The molecule has 1 saturated heterocycles. The van der Waals surface area contributed by atoms with E-state index in [-0.39, 0.29) is 46.5 Å². The average Bonchev–Trinajstić information content (AvgIpc) is 3.06. The van der Waals surface area contributed by atoms with E-state index >= 15 is 0 Å². The molecule has 2 aromatic heterocycles. The molecule has 0 spiro atoms. The van der Waals surface area contributed by atoms with E-state index in [0.717, 1.165) is 10.9 Å². The number of halogens is 5. The summed E-state index contributed by atoms with van der Waals surface area (Å²) in [6.45, 7) is 5.13. The lowest BCUT2D eigenvalue weighted by Crippen LogP contribution is -2.55. The molecule has 1 fully saturated rings. The molecule has 12 heteroatoms. The van der Waals surface area contributed by atoms with Crippen LogP contribution in [-0.4, -0.2) is 40.5 Å². The molecule has 1 N–H and O–H groups in total. The van der Waals surface area contributed by atoms with E-state index in [0.29, 0.717) is 24.4 Å². The van der Waals surface area contributed by atoms with E-state index < -0.39 is 22.5 Å². The van der Waals surface area contributed by atoms with Crippen LogP contribution in [0.15, 0.2) is 27.2 Å². The van der Waals surface area contributed by atoms with E-state index in [1.807, 2.05) is 18.7 Å². The monoisotopic (exact) mass is 532 g/mol. The van der Waals surface area contributed by atoms with Gasteiger partial charge in [-0.25, -0.2) is 9.18 Å². The normalized spacial score (nSPS) is 23.4. The number of anilines is 1. The molecule has 0 bridgehead atoms. The Labute approximate surface area is 206 Å². The van der Waals surface area contributed by atoms with Gasteiger partial charge in [0, 0.05) is 59.0 Å². The third-order valence-electron chi connectivity index (χ3n) is 6.12. The molecular weight excluding hydrogens is 512 g/mol. The summed E-state index contributed by atoms with van der Waals surface area (Å²) >= 11 is 8.72. The van der Waals surface area contributed by atoms with Crippen LogP contribution in [0.3, 0.4) is 0 Å². The predicted molar refractivity (Wildman–Crippen MR) is 128 cm³/mol. The predicted octanol–water partition coefficient (Wildman–Crippen LogP) is 5.35. The van der Waals surface area contributed by atoms with E-state index in [1.165, 1.54) is 39.1 Å². The second-order valence-corrected chi connectivity index (χ2v) is 11.2. The Bertz CT molecular complexity index is 1310. The summed E-state index contributed by atoms with van der Waals surface area (Å²) in [6.07, 6.45) is -4.67. The number of hydrogen-bond acceptors (Lipinski definition) is 6. The fraction of sp³-hybridized carbons (Fsp3) is 0.455.